The van der Waals surface area contributed by atoms with Crippen molar-refractivity contribution in [2.24, 2.45) is 10.8 Å². The zero-order valence-corrected chi connectivity index (χ0v) is 17.5. The molecular formula is C25H24N2O3. The number of pyridine rings is 1. The topological polar surface area (TPSA) is 69.0 Å². The van der Waals surface area contributed by atoms with E-state index in [9.17, 15) is 14.4 Å². The normalized spacial score (nSPS) is 19.4. The van der Waals surface area contributed by atoms with E-state index < -0.39 is 5.41 Å². The fourth-order valence-corrected chi connectivity index (χ4v) is 5.15. The van der Waals surface area contributed by atoms with Crippen LogP contribution in [0.15, 0.2) is 42.7 Å². The maximum absolute atomic E-state index is 13.0. The van der Waals surface area contributed by atoms with Crippen molar-refractivity contribution < 1.29 is 14.4 Å². The van der Waals surface area contributed by atoms with Gasteiger partial charge in [-0.1, -0.05) is 32.0 Å². The number of nitrogens with zero attached hydrogens (tertiary/aromatic N) is 2. The molecule has 0 unspecified atom stereocenters. The van der Waals surface area contributed by atoms with Crippen LogP contribution in [0, 0.1) is 10.8 Å². The second kappa shape index (κ2) is 6.21. The van der Waals surface area contributed by atoms with Gasteiger partial charge in [0.2, 0.25) is 0 Å². The fourth-order valence-electron chi connectivity index (χ4n) is 5.15. The second-order valence-electron chi connectivity index (χ2n) is 9.60. The highest BCUT2D eigenvalue weighted by molar-refractivity contribution is 6.11. The Morgan fingerprint density at radius 1 is 1.00 bits per heavy atom. The molecule has 2 aliphatic carbocycles. The van der Waals surface area contributed by atoms with Crippen molar-refractivity contribution in [2.45, 2.75) is 46.5 Å². The lowest BCUT2D eigenvalue weighted by atomic mass is 9.62. The van der Waals surface area contributed by atoms with Crippen LogP contribution in [0.3, 0.4) is 0 Å². The molecule has 5 nitrogen and oxygen atoms in total. The van der Waals surface area contributed by atoms with Crippen LogP contribution in [-0.4, -0.2) is 26.9 Å². The summed E-state index contributed by atoms with van der Waals surface area (Å²) in [6, 6.07) is 9.73. The summed E-state index contributed by atoms with van der Waals surface area (Å²) in [7, 11) is 0. The molecule has 1 aromatic carbocycles. The van der Waals surface area contributed by atoms with E-state index >= 15 is 0 Å². The summed E-state index contributed by atoms with van der Waals surface area (Å²) in [6.07, 6.45) is 5.40. The Bertz CT molecular complexity index is 1230. The van der Waals surface area contributed by atoms with Gasteiger partial charge in [-0.25, -0.2) is 4.98 Å². The third-order valence-corrected chi connectivity index (χ3v) is 6.74. The van der Waals surface area contributed by atoms with Gasteiger partial charge in [0.05, 0.1) is 10.9 Å². The lowest BCUT2D eigenvalue weighted by Gasteiger charge is -2.38. The van der Waals surface area contributed by atoms with E-state index in [0.29, 0.717) is 37.1 Å². The highest BCUT2D eigenvalue weighted by Crippen LogP contribution is 2.48. The van der Waals surface area contributed by atoms with Crippen LogP contribution in [0.1, 0.15) is 55.1 Å². The van der Waals surface area contributed by atoms with E-state index in [-0.39, 0.29) is 22.8 Å². The van der Waals surface area contributed by atoms with Crippen LogP contribution < -0.4 is 0 Å². The standard InChI is InChI=1S/C25H24N2O3/c1-15(28)19-14-27(20-7-5-4-6-18(19)20)23-8-16-9-25(10-17(16)13-26-23)21(29)11-24(2,3)12-22(25)30/h4-8,13-14H,9-12H2,1-3H3. The molecule has 1 fully saturated rings. The first-order chi connectivity index (χ1) is 14.2. The minimum Gasteiger partial charge on any atom is -0.300 e. The smallest absolute Gasteiger partial charge is 0.161 e. The van der Waals surface area contributed by atoms with Gasteiger partial charge in [0.25, 0.3) is 0 Å². The Kier molecular flexibility index (Phi) is 3.91. The molecule has 2 aromatic heterocycles. The first-order valence-electron chi connectivity index (χ1n) is 10.4. The number of aromatic nitrogens is 2. The number of hydrogen-bond donors (Lipinski definition) is 0. The minimum absolute atomic E-state index is 0.00563. The molecule has 0 radical (unpaired) electrons. The number of para-hydroxylation sites is 1. The molecule has 5 rings (SSSR count). The molecule has 30 heavy (non-hydrogen) atoms. The predicted molar refractivity (Wildman–Crippen MR) is 114 cm³/mol. The van der Waals surface area contributed by atoms with Crippen molar-refractivity contribution in [3.05, 3.63) is 59.4 Å². The molecule has 1 saturated carbocycles. The van der Waals surface area contributed by atoms with Crippen molar-refractivity contribution in [1.29, 1.82) is 0 Å². The summed E-state index contributed by atoms with van der Waals surface area (Å²) in [5.74, 6) is 0.829. The molecule has 0 atom stereocenters. The summed E-state index contributed by atoms with van der Waals surface area (Å²) < 4.78 is 1.92. The number of carbonyl (C=O) groups excluding carboxylic acids is 3. The van der Waals surface area contributed by atoms with Gasteiger partial charge in [0, 0.05) is 36.2 Å². The summed E-state index contributed by atoms with van der Waals surface area (Å²) in [6.45, 7) is 5.54. The summed E-state index contributed by atoms with van der Waals surface area (Å²) in [5, 5.41) is 0.892. The molecule has 3 aromatic rings. The number of carbonyl (C=O) groups is 3. The van der Waals surface area contributed by atoms with Gasteiger partial charge in [-0.3, -0.25) is 14.4 Å². The van der Waals surface area contributed by atoms with Crippen molar-refractivity contribution >= 4 is 28.3 Å². The highest BCUT2D eigenvalue weighted by atomic mass is 16.2. The van der Waals surface area contributed by atoms with Gasteiger partial charge in [-0.05, 0) is 48.4 Å². The maximum Gasteiger partial charge on any atom is 0.161 e. The van der Waals surface area contributed by atoms with Gasteiger partial charge < -0.3 is 4.57 Å². The third kappa shape index (κ3) is 2.68. The largest absolute Gasteiger partial charge is 0.300 e. The Morgan fingerprint density at radius 3 is 2.37 bits per heavy atom. The molecule has 2 heterocycles. The fraction of sp³-hybridized carbons (Fsp3) is 0.360. The highest BCUT2D eigenvalue weighted by Gasteiger charge is 2.54. The SMILES string of the molecule is CC(=O)c1cn(-c2cc3c(cn2)CC2(C3)C(=O)CC(C)(C)CC2=O)c2ccccc12. The van der Waals surface area contributed by atoms with E-state index in [1.165, 1.54) is 0 Å². The monoisotopic (exact) mass is 400 g/mol. The molecule has 1 spiro atoms. The van der Waals surface area contributed by atoms with Gasteiger partial charge in [-0.15, -0.1) is 0 Å². The molecule has 5 heteroatoms. The molecule has 152 valence electrons. The van der Waals surface area contributed by atoms with Crippen molar-refractivity contribution in [2.75, 3.05) is 0 Å². The first-order valence-corrected chi connectivity index (χ1v) is 10.4. The van der Waals surface area contributed by atoms with E-state index in [1.54, 1.807) is 13.1 Å². The second-order valence-corrected chi connectivity index (χ2v) is 9.60. The van der Waals surface area contributed by atoms with Gasteiger partial charge in [-0.2, -0.15) is 0 Å². The molecule has 2 aliphatic rings. The average Bonchev–Trinajstić information content (AvgIpc) is 3.25. The Labute approximate surface area is 175 Å². The van der Waals surface area contributed by atoms with Crippen molar-refractivity contribution in [1.82, 2.24) is 9.55 Å². The zero-order chi connectivity index (χ0) is 21.3. The quantitative estimate of drug-likeness (QED) is 0.476. The summed E-state index contributed by atoms with van der Waals surface area (Å²) >= 11 is 0. The molecule has 0 saturated heterocycles. The molecule has 0 bridgehead atoms. The van der Waals surface area contributed by atoms with E-state index in [2.05, 4.69) is 4.98 Å². The number of rotatable bonds is 2. The van der Waals surface area contributed by atoms with E-state index in [1.807, 2.05) is 54.9 Å². The van der Waals surface area contributed by atoms with Crippen LogP contribution in [-0.2, 0) is 22.4 Å². The first kappa shape index (κ1) is 18.9. The maximum atomic E-state index is 13.0. The van der Waals surface area contributed by atoms with Crippen LogP contribution in [0.2, 0.25) is 0 Å². The van der Waals surface area contributed by atoms with Gasteiger partial charge in [0.15, 0.2) is 5.78 Å². The summed E-state index contributed by atoms with van der Waals surface area (Å²) in [4.78, 5) is 42.8. The number of hydrogen-bond acceptors (Lipinski definition) is 4. The Morgan fingerprint density at radius 2 is 1.67 bits per heavy atom. The average molecular weight is 400 g/mol. The van der Waals surface area contributed by atoms with E-state index in [4.69, 9.17) is 0 Å². The molecule has 0 amide bonds. The Balaban J connectivity index is 1.57. The number of Topliss-reactive ketones (excluding diaryl/α,β-unsaturated/α-hetero) is 3. The molecule has 0 aliphatic heterocycles. The lowest BCUT2D eigenvalue weighted by molar-refractivity contribution is -0.147. The van der Waals surface area contributed by atoms with Crippen molar-refractivity contribution in [3.8, 4) is 5.82 Å². The third-order valence-electron chi connectivity index (χ3n) is 6.74. The van der Waals surface area contributed by atoms with Crippen LogP contribution >= 0.6 is 0 Å². The van der Waals surface area contributed by atoms with Gasteiger partial charge >= 0.3 is 0 Å². The lowest BCUT2D eigenvalue weighted by Crippen LogP contribution is -2.48. The van der Waals surface area contributed by atoms with Crippen LogP contribution in [0.25, 0.3) is 16.7 Å². The number of benzene rings is 1. The predicted octanol–water partition coefficient (Wildman–Crippen LogP) is 4.27. The molecule has 0 N–H and O–H groups in total. The zero-order valence-electron chi connectivity index (χ0n) is 17.5. The van der Waals surface area contributed by atoms with E-state index in [0.717, 1.165) is 22.0 Å². The van der Waals surface area contributed by atoms with Crippen LogP contribution in [0.4, 0.5) is 0 Å². The summed E-state index contributed by atoms with van der Waals surface area (Å²) in [5.41, 5.74) is 2.37. The minimum atomic E-state index is -0.915. The number of fused-ring (bicyclic) bond motifs is 2. The van der Waals surface area contributed by atoms with Crippen LogP contribution in [0.5, 0.6) is 0 Å². The van der Waals surface area contributed by atoms with Crippen molar-refractivity contribution in [3.63, 3.8) is 0 Å². The molecular weight excluding hydrogens is 376 g/mol. The van der Waals surface area contributed by atoms with Gasteiger partial charge in [0.1, 0.15) is 17.4 Å². The number of ketones is 3. The Hall–Kier alpha value is -3.08.